The van der Waals surface area contributed by atoms with Crippen LogP contribution in [0.1, 0.15) is 55.8 Å². The molecule has 1 rings (SSSR count). The first-order valence-corrected chi connectivity index (χ1v) is 8.75. The smallest absolute Gasteiger partial charge is 0.188 e. The molecule has 20 heavy (non-hydrogen) atoms. The molecule has 0 unspecified atom stereocenters. The highest BCUT2D eigenvalue weighted by molar-refractivity contribution is 7.98. The number of ketones is 1. The van der Waals surface area contributed by atoms with Gasteiger partial charge in [-0.2, -0.15) is 0 Å². The number of thioether (sulfide) groups is 1. The molecule has 0 spiro atoms. The van der Waals surface area contributed by atoms with Crippen molar-refractivity contribution < 1.29 is 9.53 Å². The molecule has 0 N–H and O–H groups in total. The molecule has 0 aromatic heterocycles. The molecule has 0 aliphatic rings. The van der Waals surface area contributed by atoms with Gasteiger partial charge in [0.1, 0.15) is 6.61 Å². The van der Waals surface area contributed by atoms with Gasteiger partial charge in [-0.25, -0.2) is 0 Å². The Morgan fingerprint density at radius 2 is 1.70 bits per heavy atom. The summed E-state index contributed by atoms with van der Waals surface area (Å²) in [5, 5.41) is 0. The SMILES string of the molecule is CCCCCCCCOCC(=O)c1ccc(SC)cc1. The highest BCUT2D eigenvalue weighted by Crippen LogP contribution is 2.15. The minimum Gasteiger partial charge on any atom is -0.373 e. The average Bonchev–Trinajstić information content (AvgIpc) is 2.50. The second kappa shape index (κ2) is 10.9. The minimum absolute atomic E-state index is 0.0728. The third-order valence-corrected chi connectivity index (χ3v) is 4.03. The number of ether oxygens (including phenoxy) is 1. The Balaban J connectivity index is 2.10. The number of unbranched alkanes of at least 4 members (excludes halogenated alkanes) is 5. The van der Waals surface area contributed by atoms with Crippen molar-refractivity contribution in [2.75, 3.05) is 19.5 Å². The van der Waals surface area contributed by atoms with E-state index in [0.29, 0.717) is 6.61 Å². The van der Waals surface area contributed by atoms with Crippen molar-refractivity contribution in [3.8, 4) is 0 Å². The van der Waals surface area contributed by atoms with Crippen molar-refractivity contribution in [1.82, 2.24) is 0 Å². The first-order valence-electron chi connectivity index (χ1n) is 7.53. The van der Waals surface area contributed by atoms with Gasteiger partial charge in [0.15, 0.2) is 5.78 Å². The summed E-state index contributed by atoms with van der Waals surface area (Å²) >= 11 is 1.68. The molecule has 0 aliphatic carbocycles. The lowest BCUT2D eigenvalue weighted by atomic mass is 10.1. The zero-order chi connectivity index (χ0) is 14.6. The van der Waals surface area contributed by atoms with E-state index in [-0.39, 0.29) is 12.4 Å². The van der Waals surface area contributed by atoms with Gasteiger partial charge in [-0.1, -0.05) is 51.2 Å². The summed E-state index contributed by atoms with van der Waals surface area (Å²) in [7, 11) is 0. The van der Waals surface area contributed by atoms with E-state index in [1.807, 2.05) is 30.5 Å². The summed E-state index contributed by atoms with van der Waals surface area (Å²) in [6, 6.07) is 7.71. The molecule has 0 heterocycles. The lowest BCUT2D eigenvalue weighted by Crippen LogP contribution is -2.09. The molecule has 0 radical (unpaired) electrons. The van der Waals surface area contributed by atoms with Crippen LogP contribution < -0.4 is 0 Å². The number of benzene rings is 1. The van der Waals surface area contributed by atoms with Crippen LogP contribution >= 0.6 is 11.8 Å². The third kappa shape index (κ3) is 7.11. The summed E-state index contributed by atoms with van der Waals surface area (Å²) in [6.07, 6.45) is 9.49. The number of Topliss-reactive ketones (excluding diaryl/α,β-unsaturated/α-hetero) is 1. The first kappa shape index (κ1) is 17.3. The average molecular weight is 294 g/mol. The van der Waals surface area contributed by atoms with Gasteiger partial charge < -0.3 is 4.74 Å². The second-order valence-electron chi connectivity index (χ2n) is 4.97. The fraction of sp³-hybridized carbons (Fsp3) is 0.588. The number of carbonyl (C=O) groups excluding carboxylic acids is 1. The predicted molar refractivity (Wildman–Crippen MR) is 86.7 cm³/mol. The van der Waals surface area contributed by atoms with Crippen LogP contribution in [0.3, 0.4) is 0 Å². The van der Waals surface area contributed by atoms with Gasteiger partial charge in [0, 0.05) is 17.1 Å². The van der Waals surface area contributed by atoms with Gasteiger partial charge in [-0.05, 0) is 24.8 Å². The van der Waals surface area contributed by atoms with Gasteiger partial charge in [-0.15, -0.1) is 11.8 Å². The number of hydrogen-bond acceptors (Lipinski definition) is 3. The molecule has 3 heteroatoms. The molecule has 1 aromatic rings. The summed E-state index contributed by atoms with van der Waals surface area (Å²) in [5.74, 6) is 0.0728. The molecular weight excluding hydrogens is 268 g/mol. The van der Waals surface area contributed by atoms with Crippen molar-refractivity contribution in [1.29, 1.82) is 0 Å². The molecule has 0 saturated carbocycles. The minimum atomic E-state index is 0.0728. The standard InChI is InChI=1S/C17H26O2S/c1-3-4-5-6-7-8-13-19-14-17(18)15-9-11-16(20-2)12-10-15/h9-12H,3-8,13-14H2,1-2H3. The van der Waals surface area contributed by atoms with Crippen LogP contribution in [-0.2, 0) is 4.74 Å². The molecular formula is C17H26O2S. The first-order chi connectivity index (χ1) is 9.77. The topological polar surface area (TPSA) is 26.3 Å². The van der Waals surface area contributed by atoms with Crippen LogP contribution in [0.4, 0.5) is 0 Å². The Labute approximate surface area is 127 Å². The van der Waals surface area contributed by atoms with Crippen LogP contribution in [0, 0.1) is 0 Å². The highest BCUT2D eigenvalue weighted by Gasteiger charge is 2.05. The Bertz CT molecular complexity index is 373. The van der Waals surface area contributed by atoms with Crippen LogP contribution in [0.5, 0.6) is 0 Å². The van der Waals surface area contributed by atoms with Crippen LogP contribution in [-0.4, -0.2) is 25.3 Å². The van der Waals surface area contributed by atoms with Crippen LogP contribution in [0.2, 0.25) is 0 Å². The lowest BCUT2D eigenvalue weighted by molar-refractivity contribution is 0.0752. The van der Waals surface area contributed by atoms with Crippen LogP contribution in [0.15, 0.2) is 29.2 Å². The fourth-order valence-electron chi connectivity index (χ4n) is 2.01. The maximum Gasteiger partial charge on any atom is 0.188 e. The van der Waals surface area contributed by atoms with E-state index >= 15 is 0 Å². The van der Waals surface area contributed by atoms with Crippen molar-refractivity contribution in [3.05, 3.63) is 29.8 Å². The number of rotatable bonds is 11. The Morgan fingerprint density at radius 1 is 1.05 bits per heavy atom. The third-order valence-electron chi connectivity index (χ3n) is 3.29. The maximum absolute atomic E-state index is 11.9. The predicted octanol–water partition coefficient (Wildman–Crippen LogP) is 4.97. The molecule has 0 atom stereocenters. The lowest BCUT2D eigenvalue weighted by Gasteiger charge is -2.05. The Morgan fingerprint density at radius 3 is 2.35 bits per heavy atom. The van der Waals surface area contributed by atoms with Crippen molar-refractivity contribution in [2.24, 2.45) is 0 Å². The fourth-order valence-corrected chi connectivity index (χ4v) is 2.42. The highest BCUT2D eigenvalue weighted by atomic mass is 32.2. The number of carbonyl (C=O) groups is 1. The Kier molecular flexibility index (Phi) is 9.42. The van der Waals surface area contributed by atoms with Gasteiger partial charge >= 0.3 is 0 Å². The summed E-state index contributed by atoms with van der Waals surface area (Å²) in [5.41, 5.74) is 0.741. The second-order valence-corrected chi connectivity index (χ2v) is 5.85. The normalized spacial score (nSPS) is 10.7. The van der Waals surface area contributed by atoms with Crippen LogP contribution in [0.25, 0.3) is 0 Å². The molecule has 0 saturated heterocycles. The van der Waals surface area contributed by atoms with Crippen molar-refractivity contribution in [2.45, 2.75) is 50.3 Å². The van der Waals surface area contributed by atoms with Crippen molar-refractivity contribution in [3.63, 3.8) is 0 Å². The quantitative estimate of drug-likeness (QED) is 0.327. The van der Waals surface area contributed by atoms with Crippen molar-refractivity contribution >= 4 is 17.5 Å². The van der Waals surface area contributed by atoms with E-state index < -0.39 is 0 Å². The van der Waals surface area contributed by atoms with E-state index in [1.54, 1.807) is 11.8 Å². The molecule has 0 fully saturated rings. The van der Waals surface area contributed by atoms with Gasteiger partial charge in [-0.3, -0.25) is 4.79 Å². The molecule has 2 nitrogen and oxygen atoms in total. The molecule has 0 aliphatic heterocycles. The molecule has 1 aromatic carbocycles. The van der Waals surface area contributed by atoms with E-state index in [2.05, 4.69) is 6.92 Å². The largest absolute Gasteiger partial charge is 0.373 e. The maximum atomic E-state index is 11.9. The molecule has 112 valence electrons. The van der Waals surface area contributed by atoms with E-state index in [9.17, 15) is 4.79 Å². The van der Waals surface area contributed by atoms with E-state index in [1.165, 1.54) is 37.0 Å². The van der Waals surface area contributed by atoms with Gasteiger partial charge in [0.25, 0.3) is 0 Å². The zero-order valence-corrected chi connectivity index (χ0v) is 13.5. The molecule has 0 amide bonds. The molecule has 0 bridgehead atoms. The Hall–Kier alpha value is -0.800. The van der Waals surface area contributed by atoms with Gasteiger partial charge in [0.05, 0.1) is 0 Å². The summed E-state index contributed by atoms with van der Waals surface area (Å²) < 4.78 is 5.46. The van der Waals surface area contributed by atoms with E-state index in [4.69, 9.17) is 4.74 Å². The van der Waals surface area contributed by atoms with E-state index in [0.717, 1.165) is 12.0 Å². The zero-order valence-electron chi connectivity index (χ0n) is 12.7. The number of hydrogen-bond donors (Lipinski definition) is 0. The summed E-state index contributed by atoms with van der Waals surface area (Å²) in [6.45, 7) is 3.12. The monoisotopic (exact) mass is 294 g/mol. The summed E-state index contributed by atoms with van der Waals surface area (Å²) in [4.78, 5) is 13.1. The van der Waals surface area contributed by atoms with Gasteiger partial charge in [0.2, 0.25) is 0 Å².